The van der Waals surface area contributed by atoms with Crippen molar-refractivity contribution in [3.05, 3.63) is 29.8 Å². The highest BCUT2D eigenvalue weighted by Gasteiger charge is 2.19. The summed E-state index contributed by atoms with van der Waals surface area (Å²) in [5.41, 5.74) is 0.692. The molecule has 0 atom stereocenters. The van der Waals surface area contributed by atoms with E-state index in [4.69, 9.17) is 0 Å². The van der Waals surface area contributed by atoms with Crippen LogP contribution in [0.25, 0.3) is 0 Å². The van der Waals surface area contributed by atoms with Gasteiger partial charge in [0.2, 0.25) is 5.91 Å². The lowest BCUT2D eigenvalue weighted by atomic mass is 9.95. The first-order valence-electron chi connectivity index (χ1n) is 11.0. The summed E-state index contributed by atoms with van der Waals surface area (Å²) in [6.07, 6.45) is 14.3. The fraction of sp³-hybridized carbons (Fsp3) is 0.652. The first-order valence-corrected chi connectivity index (χ1v) is 12.0. The molecule has 3 rings (SSSR count). The van der Waals surface area contributed by atoms with Gasteiger partial charge in [0.25, 0.3) is 5.91 Å². The summed E-state index contributed by atoms with van der Waals surface area (Å²) < 4.78 is 0. The molecule has 2 amide bonds. The van der Waals surface area contributed by atoms with Gasteiger partial charge in [0.1, 0.15) is 0 Å². The van der Waals surface area contributed by atoms with Crippen LogP contribution in [-0.4, -0.2) is 29.7 Å². The largest absolute Gasteiger partial charge is 0.353 e. The number of amides is 2. The maximum absolute atomic E-state index is 12.7. The molecule has 0 saturated heterocycles. The Hall–Kier alpha value is -1.49. The van der Waals surface area contributed by atoms with Crippen LogP contribution in [0.2, 0.25) is 0 Å². The summed E-state index contributed by atoms with van der Waals surface area (Å²) in [4.78, 5) is 26.1. The van der Waals surface area contributed by atoms with Gasteiger partial charge in [0.15, 0.2) is 0 Å². The number of rotatable bonds is 6. The Morgan fingerprint density at radius 1 is 0.786 bits per heavy atom. The zero-order valence-electron chi connectivity index (χ0n) is 16.9. The highest BCUT2D eigenvalue weighted by molar-refractivity contribution is 8.00. The molecule has 2 saturated carbocycles. The van der Waals surface area contributed by atoms with Crippen molar-refractivity contribution in [1.29, 1.82) is 0 Å². The Labute approximate surface area is 173 Å². The van der Waals surface area contributed by atoms with Crippen LogP contribution in [0.5, 0.6) is 0 Å². The number of benzene rings is 1. The first-order chi connectivity index (χ1) is 13.7. The molecule has 0 aromatic heterocycles. The maximum Gasteiger partial charge on any atom is 0.252 e. The number of carbonyl (C=O) groups excluding carboxylic acids is 2. The molecular formula is C23H34N2O2S. The third-order valence-corrected chi connectivity index (χ3v) is 6.97. The van der Waals surface area contributed by atoms with E-state index in [0.29, 0.717) is 23.4 Å². The first kappa shape index (κ1) is 21.2. The van der Waals surface area contributed by atoms with Gasteiger partial charge in [-0.2, -0.15) is 0 Å². The van der Waals surface area contributed by atoms with Crippen LogP contribution in [0.15, 0.2) is 29.2 Å². The van der Waals surface area contributed by atoms with Crippen LogP contribution in [0.1, 0.15) is 87.4 Å². The van der Waals surface area contributed by atoms with Crippen LogP contribution in [0, 0.1) is 0 Å². The number of thioether (sulfide) groups is 1. The summed E-state index contributed by atoms with van der Waals surface area (Å²) in [5.74, 6) is 0.443. The van der Waals surface area contributed by atoms with Gasteiger partial charge >= 0.3 is 0 Å². The SMILES string of the molecule is O=C(CSc1ccccc1C(=O)NC1CCCCC1)NC1CCCCCCC1. The van der Waals surface area contributed by atoms with E-state index in [0.717, 1.165) is 30.6 Å². The van der Waals surface area contributed by atoms with Gasteiger partial charge in [-0.25, -0.2) is 0 Å². The third kappa shape index (κ3) is 6.84. The van der Waals surface area contributed by atoms with Gasteiger partial charge in [-0.1, -0.05) is 63.5 Å². The average molecular weight is 403 g/mol. The molecule has 1 aromatic carbocycles. The molecule has 1 aromatic rings. The monoisotopic (exact) mass is 402 g/mol. The van der Waals surface area contributed by atoms with Gasteiger partial charge in [-0.3, -0.25) is 9.59 Å². The summed E-state index contributed by atoms with van der Waals surface area (Å²) in [6, 6.07) is 8.26. The van der Waals surface area contributed by atoms with E-state index in [9.17, 15) is 9.59 Å². The molecule has 0 aliphatic heterocycles. The van der Waals surface area contributed by atoms with Crippen molar-refractivity contribution in [3.8, 4) is 0 Å². The molecule has 0 heterocycles. The zero-order chi connectivity index (χ0) is 19.6. The molecule has 0 unspecified atom stereocenters. The summed E-state index contributed by atoms with van der Waals surface area (Å²) >= 11 is 1.47. The molecular weight excluding hydrogens is 368 g/mol. The predicted molar refractivity (Wildman–Crippen MR) is 116 cm³/mol. The second kappa shape index (κ2) is 11.5. The van der Waals surface area contributed by atoms with Gasteiger partial charge in [0, 0.05) is 17.0 Å². The summed E-state index contributed by atoms with van der Waals surface area (Å²) in [6.45, 7) is 0. The number of nitrogens with one attached hydrogen (secondary N) is 2. The van der Waals surface area contributed by atoms with Crippen LogP contribution < -0.4 is 10.6 Å². The molecule has 154 valence electrons. The van der Waals surface area contributed by atoms with E-state index in [1.807, 2.05) is 24.3 Å². The Bertz CT molecular complexity index is 635. The van der Waals surface area contributed by atoms with E-state index >= 15 is 0 Å². The van der Waals surface area contributed by atoms with Crippen molar-refractivity contribution in [2.45, 2.75) is 94.0 Å². The normalized spacial score (nSPS) is 19.4. The van der Waals surface area contributed by atoms with Gasteiger partial charge in [0.05, 0.1) is 11.3 Å². The molecule has 2 aliphatic rings. The number of carbonyl (C=O) groups is 2. The van der Waals surface area contributed by atoms with E-state index < -0.39 is 0 Å². The Morgan fingerprint density at radius 2 is 1.32 bits per heavy atom. The van der Waals surface area contributed by atoms with E-state index in [-0.39, 0.29) is 11.8 Å². The van der Waals surface area contributed by atoms with Gasteiger partial charge < -0.3 is 10.6 Å². The second-order valence-electron chi connectivity index (χ2n) is 8.20. The van der Waals surface area contributed by atoms with E-state index in [2.05, 4.69) is 10.6 Å². The Balaban J connectivity index is 1.50. The topological polar surface area (TPSA) is 58.2 Å². The highest BCUT2D eigenvalue weighted by atomic mass is 32.2. The minimum absolute atomic E-state index is 0.00423. The minimum Gasteiger partial charge on any atom is -0.353 e. The van der Waals surface area contributed by atoms with Crippen molar-refractivity contribution >= 4 is 23.6 Å². The predicted octanol–water partition coefficient (Wildman–Crippen LogP) is 5.07. The summed E-state index contributed by atoms with van der Waals surface area (Å²) in [7, 11) is 0. The Morgan fingerprint density at radius 3 is 2.00 bits per heavy atom. The maximum atomic E-state index is 12.7. The van der Waals surface area contributed by atoms with Crippen molar-refractivity contribution in [2.24, 2.45) is 0 Å². The quantitative estimate of drug-likeness (QED) is 0.653. The second-order valence-corrected chi connectivity index (χ2v) is 9.22. The number of hydrogen-bond acceptors (Lipinski definition) is 3. The van der Waals surface area contributed by atoms with Crippen molar-refractivity contribution in [1.82, 2.24) is 10.6 Å². The number of hydrogen-bond donors (Lipinski definition) is 2. The lowest BCUT2D eigenvalue weighted by molar-refractivity contribution is -0.119. The molecule has 0 radical (unpaired) electrons. The zero-order valence-corrected chi connectivity index (χ0v) is 17.7. The van der Waals surface area contributed by atoms with E-state index in [1.165, 1.54) is 63.1 Å². The molecule has 0 bridgehead atoms. The fourth-order valence-electron chi connectivity index (χ4n) is 4.30. The minimum atomic E-state index is -0.00423. The molecule has 2 fully saturated rings. The molecule has 5 heteroatoms. The van der Waals surface area contributed by atoms with Crippen molar-refractivity contribution in [2.75, 3.05) is 5.75 Å². The van der Waals surface area contributed by atoms with Crippen LogP contribution in [0.4, 0.5) is 0 Å². The molecule has 28 heavy (non-hydrogen) atoms. The third-order valence-electron chi connectivity index (χ3n) is 5.90. The van der Waals surface area contributed by atoms with Crippen LogP contribution in [0.3, 0.4) is 0 Å². The smallest absolute Gasteiger partial charge is 0.252 e. The Kier molecular flexibility index (Phi) is 8.71. The average Bonchev–Trinajstić information content (AvgIpc) is 2.69. The lowest BCUT2D eigenvalue weighted by Gasteiger charge is -2.23. The lowest BCUT2D eigenvalue weighted by Crippen LogP contribution is -2.37. The van der Waals surface area contributed by atoms with Crippen LogP contribution >= 0.6 is 11.8 Å². The fourth-order valence-corrected chi connectivity index (χ4v) is 5.16. The van der Waals surface area contributed by atoms with Crippen molar-refractivity contribution < 1.29 is 9.59 Å². The molecule has 2 N–H and O–H groups in total. The van der Waals surface area contributed by atoms with Gasteiger partial charge in [-0.15, -0.1) is 11.8 Å². The van der Waals surface area contributed by atoms with Gasteiger partial charge in [-0.05, 0) is 37.8 Å². The molecule has 4 nitrogen and oxygen atoms in total. The molecule has 2 aliphatic carbocycles. The van der Waals surface area contributed by atoms with Crippen LogP contribution in [-0.2, 0) is 4.79 Å². The van der Waals surface area contributed by atoms with E-state index in [1.54, 1.807) is 0 Å². The molecule has 0 spiro atoms. The highest BCUT2D eigenvalue weighted by Crippen LogP contribution is 2.24. The van der Waals surface area contributed by atoms with Crippen molar-refractivity contribution in [3.63, 3.8) is 0 Å². The standard InChI is InChI=1S/C23H34N2O2S/c26-22(24-18-11-5-2-1-3-6-12-18)17-28-21-16-10-9-15-20(21)23(27)25-19-13-7-4-8-14-19/h9-10,15-16,18-19H,1-8,11-14,17H2,(H,24,26)(H,25,27). The summed E-state index contributed by atoms with van der Waals surface area (Å²) in [5, 5.41) is 6.40.